The van der Waals surface area contributed by atoms with Crippen LogP contribution in [0.2, 0.25) is 0 Å². The molecule has 1 aliphatic rings. The average molecular weight is 340 g/mol. The van der Waals surface area contributed by atoms with E-state index in [9.17, 15) is 4.79 Å². The molecule has 0 spiro atoms. The van der Waals surface area contributed by atoms with Gasteiger partial charge in [0.2, 0.25) is 5.91 Å². The van der Waals surface area contributed by atoms with E-state index in [2.05, 4.69) is 5.32 Å². The number of amides is 1. The Morgan fingerprint density at radius 1 is 1.16 bits per heavy atom. The Morgan fingerprint density at radius 3 is 2.76 bits per heavy atom. The first kappa shape index (κ1) is 15.8. The minimum atomic E-state index is 0.0510. The van der Waals surface area contributed by atoms with E-state index in [-0.39, 0.29) is 12.5 Å². The summed E-state index contributed by atoms with van der Waals surface area (Å²) in [6.07, 6.45) is 0. The monoisotopic (exact) mass is 340 g/mol. The number of rotatable bonds is 4. The number of hydrogen-bond donors (Lipinski definition) is 1. The zero-order chi connectivity index (χ0) is 17.2. The number of furan rings is 1. The van der Waals surface area contributed by atoms with Gasteiger partial charge < -0.3 is 24.1 Å². The second-order valence-corrected chi connectivity index (χ2v) is 5.99. The number of carbonyl (C=O) groups excluding carboxylic acids is 1. The molecule has 6 nitrogen and oxygen atoms in total. The van der Waals surface area contributed by atoms with Crippen molar-refractivity contribution < 1.29 is 18.7 Å². The van der Waals surface area contributed by atoms with Crippen LogP contribution in [0, 0.1) is 0 Å². The molecule has 1 aromatic heterocycles. The lowest BCUT2D eigenvalue weighted by atomic mass is 10.1. The van der Waals surface area contributed by atoms with Gasteiger partial charge in [-0.05, 0) is 12.1 Å². The zero-order valence-electron chi connectivity index (χ0n) is 14.1. The summed E-state index contributed by atoms with van der Waals surface area (Å²) in [6.45, 7) is 2.68. The van der Waals surface area contributed by atoms with Gasteiger partial charge in [0, 0.05) is 29.9 Å². The molecule has 1 saturated heterocycles. The highest BCUT2D eigenvalue weighted by molar-refractivity contribution is 6.06. The van der Waals surface area contributed by atoms with Crippen LogP contribution in [0.1, 0.15) is 0 Å². The summed E-state index contributed by atoms with van der Waals surface area (Å²) in [4.78, 5) is 14.1. The lowest BCUT2D eigenvalue weighted by Crippen LogP contribution is -2.43. The molecule has 1 aliphatic heterocycles. The van der Waals surface area contributed by atoms with Gasteiger partial charge in [-0.25, -0.2) is 0 Å². The predicted molar refractivity (Wildman–Crippen MR) is 96.2 cm³/mol. The number of methoxy groups -OCH3 is 1. The molecule has 25 heavy (non-hydrogen) atoms. The van der Waals surface area contributed by atoms with E-state index in [0.717, 1.165) is 27.6 Å². The number of nitrogens with one attached hydrogen (secondary N) is 1. The number of morpholine rings is 1. The second-order valence-electron chi connectivity index (χ2n) is 5.99. The normalized spacial score (nSPS) is 14.8. The lowest BCUT2D eigenvalue weighted by molar-refractivity contribution is -0.133. The van der Waals surface area contributed by atoms with Gasteiger partial charge in [-0.1, -0.05) is 18.2 Å². The smallest absolute Gasteiger partial charge is 0.242 e. The van der Waals surface area contributed by atoms with E-state index in [1.54, 1.807) is 7.11 Å². The van der Waals surface area contributed by atoms with Crippen molar-refractivity contribution >= 4 is 33.5 Å². The molecule has 0 radical (unpaired) electrons. The molecule has 3 aromatic rings. The topological polar surface area (TPSA) is 63.9 Å². The summed E-state index contributed by atoms with van der Waals surface area (Å²) >= 11 is 0. The molecular formula is C19H20N2O4. The highest BCUT2D eigenvalue weighted by Crippen LogP contribution is 2.36. The van der Waals surface area contributed by atoms with Crippen molar-refractivity contribution in [3.63, 3.8) is 0 Å². The van der Waals surface area contributed by atoms with Gasteiger partial charge in [-0.3, -0.25) is 4.79 Å². The van der Waals surface area contributed by atoms with Gasteiger partial charge >= 0.3 is 0 Å². The van der Waals surface area contributed by atoms with Crippen LogP contribution in [0.15, 0.2) is 40.8 Å². The van der Waals surface area contributed by atoms with Crippen LogP contribution in [0.4, 0.5) is 5.69 Å². The Labute approximate surface area is 145 Å². The largest absolute Gasteiger partial charge is 0.495 e. The minimum absolute atomic E-state index is 0.0510. The van der Waals surface area contributed by atoms with Gasteiger partial charge in [0.05, 0.1) is 32.6 Å². The maximum Gasteiger partial charge on any atom is 0.242 e. The third-order valence-corrected chi connectivity index (χ3v) is 4.49. The molecule has 2 heterocycles. The number of fused-ring (bicyclic) bond motifs is 3. The van der Waals surface area contributed by atoms with E-state index in [4.69, 9.17) is 13.9 Å². The van der Waals surface area contributed by atoms with E-state index in [1.165, 1.54) is 0 Å². The Kier molecular flexibility index (Phi) is 4.19. The van der Waals surface area contributed by atoms with Crippen LogP contribution < -0.4 is 10.1 Å². The SMILES string of the molecule is COc1cc2c(cc1NCC(=O)N1CCOCC1)oc1ccccc12. The summed E-state index contributed by atoms with van der Waals surface area (Å²) in [5.74, 6) is 0.740. The fraction of sp³-hybridized carbons (Fsp3) is 0.316. The molecular weight excluding hydrogens is 320 g/mol. The first-order valence-electron chi connectivity index (χ1n) is 8.35. The molecule has 4 rings (SSSR count). The van der Waals surface area contributed by atoms with Crippen LogP contribution in [0.25, 0.3) is 21.9 Å². The maximum absolute atomic E-state index is 12.3. The quantitative estimate of drug-likeness (QED) is 0.791. The summed E-state index contributed by atoms with van der Waals surface area (Å²) in [5.41, 5.74) is 2.35. The van der Waals surface area contributed by atoms with Crippen molar-refractivity contribution in [2.75, 3.05) is 45.3 Å². The Morgan fingerprint density at radius 2 is 1.96 bits per heavy atom. The van der Waals surface area contributed by atoms with Crippen LogP contribution in [-0.2, 0) is 9.53 Å². The molecule has 0 unspecified atom stereocenters. The van der Waals surface area contributed by atoms with Crippen molar-refractivity contribution in [2.45, 2.75) is 0 Å². The third kappa shape index (κ3) is 3.00. The van der Waals surface area contributed by atoms with Crippen molar-refractivity contribution in [3.8, 4) is 5.75 Å². The Balaban J connectivity index is 1.60. The van der Waals surface area contributed by atoms with Gasteiger partial charge in [0.15, 0.2) is 0 Å². The molecule has 130 valence electrons. The van der Waals surface area contributed by atoms with E-state index in [1.807, 2.05) is 41.3 Å². The van der Waals surface area contributed by atoms with Crippen molar-refractivity contribution in [2.24, 2.45) is 0 Å². The maximum atomic E-state index is 12.3. The van der Waals surface area contributed by atoms with Crippen LogP contribution in [0.3, 0.4) is 0 Å². The van der Waals surface area contributed by atoms with Gasteiger partial charge in [0.1, 0.15) is 16.9 Å². The molecule has 1 amide bonds. The standard InChI is InChI=1S/C19H20N2O4/c1-23-18-10-14-13-4-2-3-5-16(13)25-17(14)11-15(18)20-12-19(22)21-6-8-24-9-7-21/h2-5,10-11,20H,6-9,12H2,1H3. The van der Waals surface area contributed by atoms with Crippen molar-refractivity contribution in [1.82, 2.24) is 4.90 Å². The zero-order valence-corrected chi connectivity index (χ0v) is 14.1. The number of hydrogen-bond acceptors (Lipinski definition) is 5. The van der Waals surface area contributed by atoms with Gasteiger partial charge in [-0.2, -0.15) is 0 Å². The summed E-state index contributed by atoms with van der Waals surface area (Å²) < 4.78 is 16.7. The third-order valence-electron chi connectivity index (χ3n) is 4.49. The molecule has 1 N–H and O–H groups in total. The second kappa shape index (κ2) is 6.64. The summed E-state index contributed by atoms with van der Waals surface area (Å²) in [7, 11) is 1.62. The summed E-state index contributed by atoms with van der Waals surface area (Å²) in [6, 6.07) is 11.7. The average Bonchev–Trinajstić information content (AvgIpc) is 3.03. The molecule has 0 aliphatic carbocycles. The van der Waals surface area contributed by atoms with Crippen molar-refractivity contribution in [1.29, 1.82) is 0 Å². The number of anilines is 1. The van der Waals surface area contributed by atoms with Crippen LogP contribution in [-0.4, -0.2) is 50.8 Å². The first-order chi connectivity index (χ1) is 12.3. The Bertz CT molecular complexity index is 912. The number of ether oxygens (including phenoxy) is 2. The fourth-order valence-corrected chi connectivity index (χ4v) is 3.15. The minimum Gasteiger partial charge on any atom is -0.495 e. The molecule has 1 fully saturated rings. The first-order valence-corrected chi connectivity index (χ1v) is 8.35. The number of nitrogens with zero attached hydrogens (tertiary/aromatic N) is 1. The molecule has 0 bridgehead atoms. The molecule has 6 heteroatoms. The number of benzene rings is 2. The van der Waals surface area contributed by atoms with Gasteiger partial charge in [-0.15, -0.1) is 0 Å². The lowest BCUT2D eigenvalue weighted by Gasteiger charge is -2.27. The Hall–Kier alpha value is -2.73. The van der Waals surface area contributed by atoms with E-state index >= 15 is 0 Å². The molecule has 0 saturated carbocycles. The van der Waals surface area contributed by atoms with Crippen molar-refractivity contribution in [3.05, 3.63) is 36.4 Å². The van der Waals surface area contributed by atoms with Crippen LogP contribution >= 0.6 is 0 Å². The molecule has 2 aromatic carbocycles. The fourth-order valence-electron chi connectivity index (χ4n) is 3.15. The highest BCUT2D eigenvalue weighted by Gasteiger charge is 2.18. The van der Waals surface area contributed by atoms with Crippen LogP contribution in [0.5, 0.6) is 5.75 Å². The summed E-state index contributed by atoms with van der Waals surface area (Å²) in [5, 5.41) is 5.23. The highest BCUT2D eigenvalue weighted by atomic mass is 16.5. The van der Waals surface area contributed by atoms with E-state index in [0.29, 0.717) is 32.1 Å². The number of para-hydroxylation sites is 1. The molecule has 0 atom stereocenters. The predicted octanol–water partition coefficient (Wildman–Crippen LogP) is 2.87. The van der Waals surface area contributed by atoms with E-state index < -0.39 is 0 Å². The number of carbonyl (C=O) groups is 1. The van der Waals surface area contributed by atoms with Gasteiger partial charge in [0.25, 0.3) is 0 Å².